The number of ether oxygens (including phenoxy) is 1. The van der Waals surface area contributed by atoms with Crippen molar-refractivity contribution in [1.29, 1.82) is 0 Å². The quantitative estimate of drug-likeness (QED) is 0.397. The fourth-order valence-corrected chi connectivity index (χ4v) is 3.70. The minimum atomic E-state index is 0.0721. The third-order valence-corrected chi connectivity index (χ3v) is 5.42. The standard InChI is InChI=1S/C21H43NO/c1-5-7-9-11-13-15-20(14-12-10-8-6-2)22-17-16-21(3,4)23-19-18-22/h20H,5-19H2,1-4H3. The number of nitrogens with zero attached hydrogens (tertiary/aromatic N) is 1. The molecule has 23 heavy (non-hydrogen) atoms. The molecule has 1 atom stereocenters. The Morgan fingerprint density at radius 3 is 2.00 bits per heavy atom. The molecule has 1 unspecified atom stereocenters. The maximum Gasteiger partial charge on any atom is 0.0639 e. The molecule has 0 N–H and O–H groups in total. The largest absolute Gasteiger partial charge is 0.374 e. The summed E-state index contributed by atoms with van der Waals surface area (Å²) in [6.45, 7) is 12.4. The van der Waals surface area contributed by atoms with Gasteiger partial charge in [-0.1, -0.05) is 71.6 Å². The van der Waals surface area contributed by atoms with Crippen LogP contribution in [0, 0.1) is 0 Å². The molecule has 1 fully saturated rings. The van der Waals surface area contributed by atoms with Crippen LogP contribution in [0.2, 0.25) is 0 Å². The van der Waals surface area contributed by atoms with Crippen molar-refractivity contribution < 1.29 is 4.74 Å². The van der Waals surface area contributed by atoms with Crippen molar-refractivity contribution >= 4 is 0 Å². The summed E-state index contributed by atoms with van der Waals surface area (Å²) in [6.07, 6.45) is 16.6. The van der Waals surface area contributed by atoms with Crippen LogP contribution in [0.25, 0.3) is 0 Å². The average Bonchev–Trinajstić information content (AvgIpc) is 2.70. The van der Waals surface area contributed by atoms with Gasteiger partial charge in [-0.25, -0.2) is 0 Å². The molecule has 1 aliphatic rings. The Bertz CT molecular complexity index is 277. The molecule has 1 aliphatic heterocycles. The van der Waals surface area contributed by atoms with Crippen molar-refractivity contribution in [2.45, 2.75) is 116 Å². The minimum absolute atomic E-state index is 0.0721. The molecule has 0 aliphatic carbocycles. The number of hydrogen-bond acceptors (Lipinski definition) is 2. The topological polar surface area (TPSA) is 12.5 Å². The van der Waals surface area contributed by atoms with Gasteiger partial charge in [-0.3, -0.25) is 4.90 Å². The summed E-state index contributed by atoms with van der Waals surface area (Å²) in [5.74, 6) is 0. The first-order valence-electron chi connectivity index (χ1n) is 10.5. The summed E-state index contributed by atoms with van der Waals surface area (Å²) in [4.78, 5) is 2.75. The molecule has 0 radical (unpaired) electrons. The highest BCUT2D eigenvalue weighted by molar-refractivity contribution is 4.80. The molecule has 0 amide bonds. The van der Waals surface area contributed by atoms with Gasteiger partial charge >= 0.3 is 0 Å². The zero-order chi connectivity index (χ0) is 17.0. The second kappa shape index (κ2) is 12.3. The third-order valence-electron chi connectivity index (χ3n) is 5.42. The van der Waals surface area contributed by atoms with Gasteiger partial charge in [0.25, 0.3) is 0 Å². The van der Waals surface area contributed by atoms with Crippen molar-refractivity contribution in [2.75, 3.05) is 19.7 Å². The van der Waals surface area contributed by atoms with E-state index in [-0.39, 0.29) is 5.60 Å². The van der Waals surface area contributed by atoms with E-state index >= 15 is 0 Å². The van der Waals surface area contributed by atoms with Crippen LogP contribution < -0.4 is 0 Å². The number of unbranched alkanes of at least 4 members (excludes halogenated alkanes) is 7. The summed E-state index contributed by atoms with van der Waals surface area (Å²) < 4.78 is 6.03. The average molecular weight is 326 g/mol. The van der Waals surface area contributed by atoms with Crippen LogP contribution in [0.1, 0.15) is 105 Å². The zero-order valence-corrected chi connectivity index (χ0v) is 16.5. The van der Waals surface area contributed by atoms with E-state index in [2.05, 4.69) is 32.6 Å². The van der Waals surface area contributed by atoms with E-state index in [0.29, 0.717) is 0 Å². The fourth-order valence-electron chi connectivity index (χ4n) is 3.70. The van der Waals surface area contributed by atoms with Crippen LogP contribution in [-0.2, 0) is 4.74 Å². The van der Waals surface area contributed by atoms with Crippen molar-refractivity contribution in [3.63, 3.8) is 0 Å². The lowest BCUT2D eigenvalue weighted by Gasteiger charge is -2.31. The van der Waals surface area contributed by atoms with Gasteiger partial charge in [-0.2, -0.15) is 0 Å². The first kappa shape index (κ1) is 21.0. The molecule has 2 nitrogen and oxygen atoms in total. The van der Waals surface area contributed by atoms with Gasteiger partial charge in [0.1, 0.15) is 0 Å². The Labute approximate surface area is 146 Å². The van der Waals surface area contributed by atoms with Crippen LogP contribution >= 0.6 is 0 Å². The summed E-state index contributed by atoms with van der Waals surface area (Å²) in [6, 6.07) is 0.797. The van der Waals surface area contributed by atoms with Crippen LogP contribution in [-0.4, -0.2) is 36.2 Å². The molecular formula is C21H43NO. The van der Waals surface area contributed by atoms with Crippen molar-refractivity contribution in [1.82, 2.24) is 4.90 Å². The van der Waals surface area contributed by atoms with Gasteiger partial charge < -0.3 is 4.74 Å². The lowest BCUT2D eigenvalue weighted by molar-refractivity contribution is -0.00901. The summed E-state index contributed by atoms with van der Waals surface area (Å²) in [5.41, 5.74) is 0.0721. The third kappa shape index (κ3) is 9.72. The van der Waals surface area contributed by atoms with Crippen LogP contribution in [0.3, 0.4) is 0 Å². The molecule has 1 rings (SSSR count). The molecule has 138 valence electrons. The predicted molar refractivity (Wildman–Crippen MR) is 102 cm³/mol. The molecule has 0 aromatic carbocycles. The van der Waals surface area contributed by atoms with Gasteiger partial charge in [-0.05, 0) is 33.1 Å². The van der Waals surface area contributed by atoms with Crippen molar-refractivity contribution in [2.24, 2.45) is 0 Å². The van der Waals surface area contributed by atoms with E-state index in [0.717, 1.165) is 19.2 Å². The SMILES string of the molecule is CCCCCCCC(CCCCCC)N1CCOC(C)(C)CC1. The fraction of sp³-hybridized carbons (Fsp3) is 1.00. The Kier molecular flexibility index (Phi) is 11.2. The van der Waals surface area contributed by atoms with E-state index < -0.39 is 0 Å². The molecule has 1 saturated heterocycles. The van der Waals surface area contributed by atoms with E-state index in [1.54, 1.807) is 0 Å². The monoisotopic (exact) mass is 325 g/mol. The molecule has 2 heteroatoms. The van der Waals surface area contributed by atoms with E-state index in [1.165, 1.54) is 83.6 Å². The highest BCUT2D eigenvalue weighted by Gasteiger charge is 2.27. The molecule has 0 aromatic rings. The predicted octanol–water partition coefficient (Wildman–Crippen LogP) is 6.19. The lowest BCUT2D eigenvalue weighted by atomic mass is 9.98. The molecular weight excluding hydrogens is 282 g/mol. The van der Waals surface area contributed by atoms with Gasteiger partial charge in [-0.15, -0.1) is 0 Å². The van der Waals surface area contributed by atoms with Crippen molar-refractivity contribution in [3.8, 4) is 0 Å². The Morgan fingerprint density at radius 1 is 0.826 bits per heavy atom. The molecule has 0 spiro atoms. The highest BCUT2D eigenvalue weighted by atomic mass is 16.5. The molecule has 0 saturated carbocycles. The maximum absolute atomic E-state index is 6.03. The highest BCUT2D eigenvalue weighted by Crippen LogP contribution is 2.24. The van der Waals surface area contributed by atoms with E-state index in [1.807, 2.05) is 0 Å². The smallest absolute Gasteiger partial charge is 0.0639 e. The second-order valence-electron chi connectivity index (χ2n) is 8.10. The number of hydrogen-bond donors (Lipinski definition) is 0. The van der Waals surface area contributed by atoms with E-state index in [4.69, 9.17) is 4.74 Å². The van der Waals surface area contributed by atoms with Gasteiger partial charge in [0.2, 0.25) is 0 Å². The van der Waals surface area contributed by atoms with Crippen molar-refractivity contribution in [3.05, 3.63) is 0 Å². The summed E-state index contributed by atoms with van der Waals surface area (Å²) in [5, 5.41) is 0. The summed E-state index contributed by atoms with van der Waals surface area (Å²) in [7, 11) is 0. The van der Waals surface area contributed by atoms with Gasteiger partial charge in [0.05, 0.1) is 12.2 Å². The van der Waals surface area contributed by atoms with Crippen LogP contribution in [0.15, 0.2) is 0 Å². The Hall–Kier alpha value is -0.0800. The Morgan fingerprint density at radius 2 is 1.39 bits per heavy atom. The first-order valence-corrected chi connectivity index (χ1v) is 10.5. The normalized spacial score (nSPS) is 20.3. The molecule has 1 heterocycles. The van der Waals surface area contributed by atoms with Gasteiger partial charge in [0, 0.05) is 19.1 Å². The molecule has 0 aromatic heterocycles. The van der Waals surface area contributed by atoms with Crippen LogP contribution in [0.5, 0.6) is 0 Å². The van der Waals surface area contributed by atoms with Gasteiger partial charge in [0.15, 0.2) is 0 Å². The Balaban J connectivity index is 2.41. The summed E-state index contributed by atoms with van der Waals surface area (Å²) >= 11 is 0. The maximum atomic E-state index is 6.03. The van der Waals surface area contributed by atoms with Crippen LogP contribution in [0.4, 0.5) is 0 Å². The second-order valence-corrected chi connectivity index (χ2v) is 8.10. The first-order chi connectivity index (χ1) is 11.1. The lowest BCUT2D eigenvalue weighted by Crippen LogP contribution is -2.37. The number of rotatable bonds is 12. The zero-order valence-electron chi connectivity index (χ0n) is 16.5. The molecule has 0 bridgehead atoms. The minimum Gasteiger partial charge on any atom is -0.374 e. The van der Waals surface area contributed by atoms with E-state index in [9.17, 15) is 0 Å².